The highest BCUT2D eigenvalue weighted by molar-refractivity contribution is 9.10. The summed E-state index contributed by atoms with van der Waals surface area (Å²) in [6.07, 6.45) is 1.38. The molecule has 4 heteroatoms. The number of nitriles is 1. The van der Waals surface area contributed by atoms with Gasteiger partial charge in [0.1, 0.15) is 12.4 Å². The number of rotatable bonds is 2. The molecular formula is C11H11BrN2O. The summed E-state index contributed by atoms with van der Waals surface area (Å²) in [7, 11) is 0. The number of fused-ring (bicyclic) bond motifs is 1. The summed E-state index contributed by atoms with van der Waals surface area (Å²) in [5.41, 5.74) is 0.999. The quantitative estimate of drug-likeness (QED) is 0.896. The van der Waals surface area contributed by atoms with Crippen molar-refractivity contribution in [2.75, 3.05) is 11.9 Å². The number of ether oxygens (including phenoxy) is 1. The summed E-state index contributed by atoms with van der Waals surface area (Å²) >= 11 is 3.42. The third-order valence-corrected chi connectivity index (χ3v) is 2.84. The van der Waals surface area contributed by atoms with Crippen molar-refractivity contribution in [3.05, 3.63) is 22.7 Å². The molecule has 78 valence electrons. The Bertz CT molecular complexity index is 400. The van der Waals surface area contributed by atoms with E-state index in [9.17, 15) is 0 Å². The first-order chi connectivity index (χ1) is 7.29. The molecule has 1 N–H and O–H groups in total. The van der Waals surface area contributed by atoms with Gasteiger partial charge in [0.05, 0.1) is 17.8 Å². The Morgan fingerprint density at radius 3 is 3.27 bits per heavy atom. The molecule has 1 heterocycles. The highest BCUT2D eigenvalue weighted by Crippen LogP contribution is 2.32. The number of halogens is 1. The first kappa shape index (κ1) is 10.3. The van der Waals surface area contributed by atoms with E-state index in [0.29, 0.717) is 13.0 Å². The van der Waals surface area contributed by atoms with Crippen molar-refractivity contribution in [1.29, 1.82) is 5.26 Å². The highest BCUT2D eigenvalue weighted by atomic mass is 79.9. The van der Waals surface area contributed by atoms with Gasteiger partial charge >= 0.3 is 0 Å². The molecule has 0 saturated carbocycles. The van der Waals surface area contributed by atoms with E-state index in [-0.39, 0.29) is 6.04 Å². The smallest absolute Gasteiger partial charge is 0.142 e. The van der Waals surface area contributed by atoms with E-state index in [1.807, 2.05) is 18.2 Å². The van der Waals surface area contributed by atoms with Crippen molar-refractivity contribution in [3.63, 3.8) is 0 Å². The average Bonchev–Trinajstić information content (AvgIpc) is 2.25. The molecule has 0 fully saturated rings. The van der Waals surface area contributed by atoms with Crippen LogP contribution in [-0.4, -0.2) is 12.6 Å². The standard InChI is InChI=1S/C11H11BrN2O/c12-8-3-4-11-10(6-8)14-9(7-15-11)2-1-5-13/h3-4,6,9,14H,1-2,7H2. The number of anilines is 1. The SMILES string of the molecule is N#CCCC1COc2ccc(Br)cc2N1. The van der Waals surface area contributed by atoms with Gasteiger partial charge in [-0.1, -0.05) is 15.9 Å². The van der Waals surface area contributed by atoms with Crippen LogP contribution in [0.5, 0.6) is 5.75 Å². The van der Waals surface area contributed by atoms with Crippen LogP contribution in [0.3, 0.4) is 0 Å². The van der Waals surface area contributed by atoms with E-state index in [4.69, 9.17) is 10.00 Å². The van der Waals surface area contributed by atoms with Crippen LogP contribution in [0.15, 0.2) is 22.7 Å². The zero-order valence-corrected chi connectivity index (χ0v) is 9.75. The van der Waals surface area contributed by atoms with E-state index in [0.717, 1.165) is 22.3 Å². The summed E-state index contributed by atoms with van der Waals surface area (Å²) in [5, 5.41) is 11.9. The fraction of sp³-hybridized carbons (Fsp3) is 0.364. The predicted molar refractivity (Wildman–Crippen MR) is 61.9 cm³/mol. The highest BCUT2D eigenvalue weighted by Gasteiger charge is 2.18. The van der Waals surface area contributed by atoms with Gasteiger partial charge in [-0.25, -0.2) is 0 Å². The van der Waals surface area contributed by atoms with E-state index in [1.165, 1.54) is 0 Å². The molecule has 0 spiro atoms. The average molecular weight is 267 g/mol. The molecular weight excluding hydrogens is 256 g/mol. The van der Waals surface area contributed by atoms with Gasteiger partial charge in [-0.3, -0.25) is 0 Å². The number of nitrogens with zero attached hydrogens (tertiary/aromatic N) is 1. The molecule has 0 bridgehead atoms. The van der Waals surface area contributed by atoms with Gasteiger partial charge in [0.2, 0.25) is 0 Å². The molecule has 0 saturated heterocycles. The lowest BCUT2D eigenvalue weighted by molar-refractivity contribution is 0.279. The second-order valence-corrected chi connectivity index (χ2v) is 4.41. The van der Waals surface area contributed by atoms with Crippen molar-refractivity contribution in [3.8, 4) is 11.8 Å². The van der Waals surface area contributed by atoms with E-state index in [1.54, 1.807) is 0 Å². The first-order valence-corrected chi connectivity index (χ1v) is 5.65. The summed E-state index contributed by atoms with van der Waals surface area (Å²) in [4.78, 5) is 0. The number of benzene rings is 1. The molecule has 0 aliphatic carbocycles. The number of hydrogen-bond acceptors (Lipinski definition) is 3. The van der Waals surface area contributed by atoms with Crippen LogP contribution in [0.1, 0.15) is 12.8 Å². The normalized spacial score (nSPS) is 18.3. The molecule has 2 rings (SSSR count). The van der Waals surface area contributed by atoms with Crippen LogP contribution in [0, 0.1) is 11.3 Å². The molecule has 1 aromatic rings. The van der Waals surface area contributed by atoms with Gasteiger partial charge in [0, 0.05) is 10.9 Å². The maximum absolute atomic E-state index is 8.51. The van der Waals surface area contributed by atoms with Crippen molar-refractivity contribution in [2.45, 2.75) is 18.9 Å². The van der Waals surface area contributed by atoms with Crippen LogP contribution < -0.4 is 10.1 Å². The van der Waals surface area contributed by atoms with E-state index < -0.39 is 0 Å². The van der Waals surface area contributed by atoms with Crippen LogP contribution >= 0.6 is 15.9 Å². The third kappa shape index (κ3) is 2.42. The maximum atomic E-state index is 8.51. The van der Waals surface area contributed by atoms with Crippen LogP contribution in [0.25, 0.3) is 0 Å². The minimum Gasteiger partial charge on any atom is -0.489 e. The topological polar surface area (TPSA) is 45.0 Å². The van der Waals surface area contributed by atoms with E-state index in [2.05, 4.69) is 27.3 Å². The summed E-state index contributed by atoms with van der Waals surface area (Å²) in [6, 6.07) is 8.27. The second kappa shape index (κ2) is 4.54. The van der Waals surface area contributed by atoms with Gasteiger partial charge in [-0.2, -0.15) is 5.26 Å². The molecule has 0 aromatic heterocycles. The zero-order valence-electron chi connectivity index (χ0n) is 8.16. The molecule has 15 heavy (non-hydrogen) atoms. The Balaban J connectivity index is 2.09. The first-order valence-electron chi connectivity index (χ1n) is 4.85. The molecule has 1 aliphatic heterocycles. The fourth-order valence-electron chi connectivity index (χ4n) is 1.59. The number of hydrogen-bond donors (Lipinski definition) is 1. The Kier molecular flexibility index (Phi) is 3.12. The Morgan fingerprint density at radius 2 is 2.47 bits per heavy atom. The lowest BCUT2D eigenvalue weighted by Crippen LogP contribution is -2.31. The summed E-state index contributed by atoms with van der Waals surface area (Å²) in [5.74, 6) is 0.881. The molecule has 0 radical (unpaired) electrons. The molecule has 1 atom stereocenters. The summed E-state index contributed by atoms with van der Waals surface area (Å²) < 4.78 is 6.62. The summed E-state index contributed by atoms with van der Waals surface area (Å²) in [6.45, 7) is 0.635. The van der Waals surface area contributed by atoms with Crippen LogP contribution in [0.2, 0.25) is 0 Å². The van der Waals surface area contributed by atoms with E-state index >= 15 is 0 Å². The van der Waals surface area contributed by atoms with Crippen molar-refractivity contribution < 1.29 is 4.74 Å². The molecule has 1 aliphatic rings. The van der Waals surface area contributed by atoms with Crippen molar-refractivity contribution in [1.82, 2.24) is 0 Å². The third-order valence-electron chi connectivity index (χ3n) is 2.35. The Morgan fingerprint density at radius 1 is 1.60 bits per heavy atom. The van der Waals surface area contributed by atoms with Gasteiger partial charge in [0.15, 0.2) is 0 Å². The Labute approximate surface area is 97.2 Å². The lowest BCUT2D eigenvalue weighted by Gasteiger charge is -2.27. The lowest BCUT2D eigenvalue weighted by atomic mass is 10.1. The maximum Gasteiger partial charge on any atom is 0.142 e. The van der Waals surface area contributed by atoms with Crippen molar-refractivity contribution in [2.24, 2.45) is 0 Å². The minimum absolute atomic E-state index is 0.242. The van der Waals surface area contributed by atoms with Crippen molar-refractivity contribution >= 4 is 21.6 Å². The molecule has 3 nitrogen and oxygen atoms in total. The monoisotopic (exact) mass is 266 g/mol. The van der Waals surface area contributed by atoms with Crippen LogP contribution in [0.4, 0.5) is 5.69 Å². The largest absolute Gasteiger partial charge is 0.489 e. The minimum atomic E-state index is 0.242. The van der Waals surface area contributed by atoms with Gasteiger partial charge in [-0.05, 0) is 24.6 Å². The molecule has 1 unspecified atom stereocenters. The van der Waals surface area contributed by atoms with Crippen LogP contribution in [-0.2, 0) is 0 Å². The number of nitrogens with one attached hydrogen (secondary N) is 1. The van der Waals surface area contributed by atoms with Gasteiger partial charge in [-0.15, -0.1) is 0 Å². The molecule has 1 aromatic carbocycles. The zero-order chi connectivity index (χ0) is 10.7. The fourth-order valence-corrected chi connectivity index (χ4v) is 1.95. The second-order valence-electron chi connectivity index (χ2n) is 3.49. The van der Waals surface area contributed by atoms with Gasteiger partial charge in [0.25, 0.3) is 0 Å². The predicted octanol–water partition coefficient (Wildman–Crippen LogP) is 2.93. The van der Waals surface area contributed by atoms with Gasteiger partial charge < -0.3 is 10.1 Å². The molecule has 0 amide bonds. The Hall–Kier alpha value is -1.21.